The number of nitrogens with zero attached hydrogens (tertiary/aromatic N) is 6. The van der Waals surface area contributed by atoms with Gasteiger partial charge in [-0.25, -0.2) is 4.98 Å². The smallest absolute Gasteiger partial charge is 0.176 e. The third kappa shape index (κ3) is 2.28. The Bertz CT molecular complexity index is 1080. The molecule has 24 heavy (non-hydrogen) atoms. The van der Waals surface area contributed by atoms with Crippen molar-refractivity contribution in [1.82, 2.24) is 14.6 Å². The molecule has 114 valence electrons. The summed E-state index contributed by atoms with van der Waals surface area (Å²) in [5.41, 5.74) is 7.81. The first-order valence-electron chi connectivity index (χ1n) is 6.74. The topological polar surface area (TPSA) is 128 Å². The average Bonchev–Trinajstić information content (AvgIpc) is 2.93. The van der Waals surface area contributed by atoms with Crippen LogP contribution in [0.5, 0.6) is 0 Å². The van der Waals surface area contributed by atoms with Gasteiger partial charge in [0.05, 0.1) is 23.9 Å². The van der Waals surface area contributed by atoms with E-state index in [0.29, 0.717) is 16.3 Å². The number of fused-ring (bicyclic) bond motifs is 1. The zero-order valence-corrected chi connectivity index (χ0v) is 12.9. The van der Waals surface area contributed by atoms with Gasteiger partial charge in [0.1, 0.15) is 29.1 Å². The lowest BCUT2D eigenvalue weighted by atomic mass is 10.1. The van der Waals surface area contributed by atoms with Crippen molar-refractivity contribution in [2.45, 2.75) is 6.42 Å². The highest BCUT2D eigenvalue weighted by Crippen LogP contribution is 2.29. The van der Waals surface area contributed by atoms with Gasteiger partial charge in [0, 0.05) is 10.6 Å². The number of hydrogen-bond donors (Lipinski definition) is 1. The van der Waals surface area contributed by atoms with E-state index in [1.807, 2.05) is 18.2 Å². The Morgan fingerprint density at radius 3 is 2.33 bits per heavy atom. The highest BCUT2D eigenvalue weighted by atomic mass is 35.5. The Hall–Kier alpha value is -3.60. The van der Waals surface area contributed by atoms with Crippen molar-refractivity contribution in [3.8, 4) is 29.5 Å². The van der Waals surface area contributed by atoms with Crippen LogP contribution in [-0.2, 0) is 6.42 Å². The van der Waals surface area contributed by atoms with Crippen molar-refractivity contribution in [3.05, 3.63) is 46.1 Å². The molecule has 2 aromatic heterocycles. The van der Waals surface area contributed by atoms with Crippen molar-refractivity contribution < 1.29 is 0 Å². The summed E-state index contributed by atoms with van der Waals surface area (Å²) in [4.78, 5) is 4.40. The molecular weight excluding hydrogens is 326 g/mol. The van der Waals surface area contributed by atoms with Crippen molar-refractivity contribution in [2.75, 3.05) is 5.73 Å². The molecule has 0 bridgehead atoms. The lowest BCUT2D eigenvalue weighted by Crippen LogP contribution is -2.06. The summed E-state index contributed by atoms with van der Waals surface area (Å²) in [6.07, 6.45) is -0.0517. The number of aromatic nitrogens is 3. The first kappa shape index (κ1) is 15.3. The van der Waals surface area contributed by atoms with E-state index in [1.165, 1.54) is 4.52 Å². The van der Waals surface area contributed by atoms with E-state index in [9.17, 15) is 10.5 Å². The average molecular weight is 334 g/mol. The van der Waals surface area contributed by atoms with Crippen LogP contribution in [0.3, 0.4) is 0 Å². The molecule has 7 nitrogen and oxygen atoms in total. The largest absolute Gasteiger partial charge is 0.382 e. The number of benzene rings is 1. The van der Waals surface area contributed by atoms with Crippen LogP contribution in [0.4, 0.5) is 5.82 Å². The number of rotatable bonds is 2. The van der Waals surface area contributed by atoms with E-state index in [4.69, 9.17) is 22.6 Å². The van der Waals surface area contributed by atoms with Gasteiger partial charge in [0.2, 0.25) is 0 Å². The number of anilines is 1. The molecule has 2 N–H and O–H groups in total. The monoisotopic (exact) mass is 333 g/mol. The second kappa shape index (κ2) is 5.89. The molecule has 8 heteroatoms. The SMILES string of the molecule is N#CCc1nn2c(N)c(C#N)c(-c3ccc(Cl)cc3)nc2c1C#N. The van der Waals surface area contributed by atoms with E-state index in [0.717, 1.165) is 0 Å². The molecule has 0 aliphatic carbocycles. The minimum Gasteiger partial charge on any atom is -0.382 e. The lowest BCUT2D eigenvalue weighted by Gasteiger charge is -2.08. The van der Waals surface area contributed by atoms with E-state index >= 15 is 0 Å². The second-order valence-electron chi connectivity index (χ2n) is 4.84. The van der Waals surface area contributed by atoms with Crippen molar-refractivity contribution in [3.63, 3.8) is 0 Å². The molecule has 0 aliphatic rings. The first-order chi connectivity index (χ1) is 11.6. The fraction of sp³-hybridized carbons (Fsp3) is 0.0625. The highest BCUT2D eigenvalue weighted by Gasteiger charge is 2.21. The predicted molar refractivity (Wildman–Crippen MR) is 86.6 cm³/mol. The van der Waals surface area contributed by atoms with Crippen LogP contribution in [0.15, 0.2) is 24.3 Å². The third-order valence-electron chi connectivity index (χ3n) is 3.46. The van der Waals surface area contributed by atoms with E-state index in [1.54, 1.807) is 24.3 Å². The molecule has 0 amide bonds. The Kier molecular flexibility index (Phi) is 3.75. The fourth-order valence-electron chi connectivity index (χ4n) is 2.35. The molecule has 0 atom stereocenters. The Balaban J connectivity index is 2.39. The number of nitriles is 3. The molecule has 0 spiro atoms. The highest BCUT2D eigenvalue weighted by molar-refractivity contribution is 6.30. The molecule has 2 heterocycles. The standard InChI is InChI=1S/C16H8ClN7/c17-10-3-1-9(2-4-10)14-12(8-20)15(21)24-16(22-14)11(7-19)13(23-24)5-6-18/h1-4H,5,21H2. The normalized spacial score (nSPS) is 10.1. The van der Waals surface area contributed by atoms with Gasteiger partial charge in [-0.2, -0.15) is 25.4 Å². The lowest BCUT2D eigenvalue weighted by molar-refractivity contribution is 0.912. The van der Waals surface area contributed by atoms with E-state index in [-0.39, 0.29) is 34.7 Å². The Labute approximate surface area is 141 Å². The summed E-state index contributed by atoms with van der Waals surface area (Å²) >= 11 is 5.89. The quantitative estimate of drug-likeness (QED) is 0.767. The van der Waals surface area contributed by atoms with Crippen LogP contribution in [-0.4, -0.2) is 14.6 Å². The maximum absolute atomic E-state index is 9.46. The summed E-state index contributed by atoms with van der Waals surface area (Å²) in [6.45, 7) is 0. The molecular formula is C16H8ClN7. The van der Waals surface area contributed by atoms with Crippen LogP contribution < -0.4 is 5.73 Å². The molecule has 0 saturated carbocycles. The number of halogens is 1. The van der Waals surface area contributed by atoms with Gasteiger partial charge in [-0.15, -0.1) is 0 Å². The summed E-state index contributed by atoms with van der Waals surface area (Å²) in [5.74, 6) is 0.0631. The fourth-order valence-corrected chi connectivity index (χ4v) is 2.48. The van der Waals surface area contributed by atoms with Crippen LogP contribution in [0.2, 0.25) is 5.02 Å². The number of nitrogens with two attached hydrogens (primary N) is 1. The molecule has 3 rings (SSSR count). The van der Waals surface area contributed by atoms with Gasteiger partial charge in [-0.1, -0.05) is 23.7 Å². The maximum Gasteiger partial charge on any atom is 0.176 e. The van der Waals surface area contributed by atoms with Crippen molar-refractivity contribution in [1.29, 1.82) is 15.8 Å². The minimum absolute atomic E-state index is 0.0517. The molecule has 0 unspecified atom stereocenters. The van der Waals surface area contributed by atoms with Gasteiger partial charge in [0.15, 0.2) is 5.65 Å². The van der Waals surface area contributed by atoms with Gasteiger partial charge < -0.3 is 5.73 Å². The van der Waals surface area contributed by atoms with Gasteiger partial charge in [-0.3, -0.25) is 0 Å². The van der Waals surface area contributed by atoms with E-state index in [2.05, 4.69) is 10.1 Å². The zero-order valence-electron chi connectivity index (χ0n) is 12.2. The van der Waals surface area contributed by atoms with Crippen LogP contribution >= 0.6 is 11.6 Å². The third-order valence-corrected chi connectivity index (χ3v) is 3.71. The molecule has 1 aromatic carbocycles. The molecule has 0 radical (unpaired) electrons. The Morgan fingerprint density at radius 1 is 1.08 bits per heavy atom. The molecule has 3 aromatic rings. The molecule has 0 saturated heterocycles. The van der Waals surface area contributed by atoms with Gasteiger partial charge >= 0.3 is 0 Å². The van der Waals surface area contributed by atoms with Crippen LogP contribution in [0, 0.1) is 34.0 Å². The summed E-state index contributed by atoms with van der Waals surface area (Å²) in [6, 6.07) is 12.7. The van der Waals surface area contributed by atoms with Crippen LogP contribution in [0.1, 0.15) is 16.8 Å². The summed E-state index contributed by atoms with van der Waals surface area (Å²) in [5, 5.41) is 32.4. The number of hydrogen-bond acceptors (Lipinski definition) is 6. The van der Waals surface area contributed by atoms with Crippen molar-refractivity contribution >= 4 is 23.1 Å². The second-order valence-corrected chi connectivity index (χ2v) is 5.28. The first-order valence-corrected chi connectivity index (χ1v) is 7.12. The maximum atomic E-state index is 9.46. The predicted octanol–water partition coefficient (Wildman–Crippen LogP) is 2.44. The van der Waals surface area contributed by atoms with Crippen LogP contribution in [0.25, 0.3) is 16.9 Å². The Morgan fingerprint density at radius 2 is 1.75 bits per heavy atom. The number of nitrogen functional groups attached to an aromatic ring is 1. The summed E-state index contributed by atoms with van der Waals surface area (Å²) in [7, 11) is 0. The van der Waals surface area contributed by atoms with Gasteiger partial charge in [0.25, 0.3) is 0 Å². The van der Waals surface area contributed by atoms with Crippen molar-refractivity contribution in [2.24, 2.45) is 0 Å². The zero-order chi connectivity index (χ0) is 17.3. The molecule has 0 aliphatic heterocycles. The van der Waals surface area contributed by atoms with E-state index < -0.39 is 0 Å². The molecule has 0 fully saturated rings. The van der Waals surface area contributed by atoms with Gasteiger partial charge in [-0.05, 0) is 12.1 Å². The minimum atomic E-state index is -0.0517. The summed E-state index contributed by atoms with van der Waals surface area (Å²) < 4.78 is 1.23.